The predicted octanol–water partition coefficient (Wildman–Crippen LogP) is 4.03. The zero-order valence-electron chi connectivity index (χ0n) is 23.8. The number of ether oxygens (including phenoxy) is 2. The maximum atomic E-state index is 14.4. The van der Waals surface area contributed by atoms with Crippen molar-refractivity contribution in [2.45, 2.75) is 82.1 Å². The summed E-state index contributed by atoms with van der Waals surface area (Å²) >= 11 is 0. The number of hydrogen-bond acceptors (Lipinski definition) is 6. The molecule has 5 atom stereocenters. The molecule has 2 unspecified atom stereocenters. The first-order chi connectivity index (χ1) is 19.3. The molecule has 1 aromatic carbocycles. The third kappa shape index (κ3) is 5.75. The Hall–Kier alpha value is -2.97. The zero-order valence-corrected chi connectivity index (χ0v) is 23.8. The van der Waals surface area contributed by atoms with E-state index in [1.54, 1.807) is 15.9 Å². The van der Waals surface area contributed by atoms with Gasteiger partial charge in [-0.05, 0) is 63.9 Å². The van der Waals surface area contributed by atoms with Crippen LogP contribution < -0.4 is 0 Å². The molecule has 40 heavy (non-hydrogen) atoms. The number of rotatable bonds is 16. The summed E-state index contributed by atoms with van der Waals surface area (Å²) in [5.74, 6) is -2.34. The van der Waals surface area contributed by atoms with Gasteiger partial charge < -0.3 is 24.4 Å². The van der Waals surface area contributed by atoms with Crippen molar-refractivity contribution in [3.8, 4) is 0 Å². The molecule has 8 heteroatoms. The molecule has 218 valence electrons. The number of carbonyl (C=O) groups excluding carboxylic acids is 3. The van der Waals surface area contributed by atoms with Gasteiger partial charge in [0.1, 0.15) is 17.6 Å². The molecular weight excluding hydrogens is 508 g/mol. The van der Waals surface area contributed by atoms with Gasteiger partial charge in [0.25, 0.3) is 0 Å². The molecule has 1 aromatic rings. The van der Waals surface area contributed by atoms with Gasteiger partial charge in [0, 0.05) is 26.2 Å². The Labute approximate surface area is 238 Å². The van der Waals surface area contributed by atoms with Crippen LogP contribution in [0.3, 0.4) is 0 Å². The lowest BCUT2D eigenvalue weighted by Gasteiger charge is -2.37. The highest BCUT2D eigenvalue weighted by Crippen LogP contribution is 2.63. The molecule has 8 nitrogen and oxygen atoms in total. The van der Waals surface area contributed by atoms with Crippen LogP contribution in [-0.4, -0.2) is 76.2 Å². The third-order valence-corrected chi connectivity index (χ3v) is 8.75. The van der Waals surface area contributed by atoms with Gasteiger partial charge in [-0.25, -0.2) is 0 Å². The highest BCUT2D eigenvalue weighted by Gasteiger charge is 2.78. The lowest BCUT2D eigenvalue weighted by atomic mass is 9.66. The summed E-state index contributed by atoms with van der Waals surface area (Å²) in [5.41, 5.74) is -0.960. The number of esters is 1. The van der Waals surface area contributed by atoms with Crippen LogP contribution in [0.25, 0.3) is 0 Å². The van der Waals surface area contributed by atoms with Crippen molar-refractivity contribution in [1.29, 1.82) is 0 Å². The number of amides is 2. The standard InChI is InChI=1S/C32H44N2O6/c1-4-6-7-14-22-39-30(38)26-25-28(36)34(20-12-9-13-21-35)27(32(25)18-17-31(26,3)40-32)29(37)33(19-5-2)23-24-15-10-8-11-16-24/h4-5,8,10-11,15-16,25-27,35H,1-2,6-7,9,12-14,17-23H2,3H3/t25-,26+,27?,31-,32?/m0/s1. The fourth-order valence-electron chi connectivity index (χ4n) is 6.89. The molecule has 0 saturated carbocycles. The molecule has 3 aliphatic heterocycles. The molecule has 4 rings (SSSR count). The highest BCUT2D eigenvalue weighted by molar-refractivity contribution is 5.98. The van der Waals surface area contributed by atoms with E-state index in [2.05, 4.69) is 13.2 Å². The van der Waals surface area contributed by atoms with Gasteiger partial charge in [0.05, 0.1) is 18.1 Å². The predicted molar refractivity (Wildman–Crippen MR) is 152 cm³/mol. The van der Waals surface area contributed by atoms with Crippen molar-refractivity contribution in [2.75, 3.05) is 26.3 Å². The molecule has 0 aliphatic carbocycles. The van der Waals surface area contributed by atoms with Gasteiger partial charge >= 0.3 is 5.97 Å². The van der Waals surface area contributed by atoms with E-state index in [4.69, 9.17) is 9.47 Å². The Morgan fingerprint density at radius 3 is 2.60 bits per heavy atom. The van der Waals surface area contributed by atoms with E-state index < -0.39 is 35.0 Å². The minimum atomic E-state index is -1.08. The van der Waals surface area contributed by atoms with Crippen LogP contribution in [0, 0.1) is 11.8 Å². The maximum Gasteiger partial charge on any atom is 0.312 e. The Bertz CT molecular complexity index is 1080. The first-order valence-electron chi connectivity index (χ1n) is 14.7. The van der Waals surface area contributed by atoms with Gasteiger partial charge in [-0.3, -0.25) is 14.4 Å². The zero-order chi connectivity index (χ0) is 28.8. The number of allylic oxidation sites excluding steroid dienone is 1. The number of carbonyl (C=O) groups is 3. The number of hydrogen-bond donors (Lipinski definition) is 1. The van der Waals surface area contributed by atoms with Gasteiger partial charge in [-0.2, -0.15) is 0 Å². The number of benzene rings is 1. The van der Waals surface area contributed by atoms with Gasteiger partial charge in [-0.1, -0.05) is 42.5 Å². The van der Waals surface area contributed by atoms with E-state index in [0.717, 1.165) is 31.2 Å². The number of nitrogens with zero attached hydrogens (tertiary/aromatic N) is 2. The molecule has 0 radical (unpaired) electrons. The number of fused-ring (bicyclic) bond motifs is 1. The molecule has 1 spiro atoms. The molecule has 3 heterocycles. The summed E-state index contributed by atoms with van der Waals surface area (Å²) in [6.45, 7) is 10.9. The molecule has 2 amide bonds. The fourth-order valence-corrected chi connectivity index (χ4v) is 6.89. The molecule has 3 fully saturated rings. The fraction of sp³-hybridized carbons (Fsp3) is 0.594. The van der Waals surface area contributed by atoms with Crippen LogP contribution in [0.15, 0.2) is 55.6 Å². The largest absolute Gasteiger partial charge is 0.465 e. The number of aliphatic hydroxyl groups is 1. The molecule has 3 saturated heterocycles. The van der Waals surface area contributed by atoms with Crippen LogP contribution in [0.1, 0.15) is 63.9 Å². The van der Waals surface area contributed by atoms with E-state index >= 15 is 0 Å². The van der Waals surface area contributed by atoms with Crippen LogP contribution >= 0.6 is 0 Å². The van der Waals surface area contributed by atoms with Gasteiger partial charge in [0.2, 0.25) is 11.8 Å². The SMILES string of the molecule is C=CCCCCOC(=O)[C@H]1[C@H]2C(=O)N(CCCCCO)C(C(=O)N(CC=C)Cc3ccccc3)C23CC[C@]1(C)O3. The lowest BCUT2D eigenvalue weighted by molar-refractivity contribution is -0.160. The van der Waals surface area contributed by atoms with Gasteiger partial charge in [0.15, 0.2) is 0 Å². The van der Waals surface area contributed by atoms with Crippen molar-refractivity contribution in [3.63, 3.8) is 0 Å². The third-order valence-electron chi connectivity index (χ3n) is 8.75. The van der Waals surface area contributed by atoms with Crippen molar-refractivity contribution in [1.82, 2.24) is 9.80 Å². The molecule has 0 aromatic heterocycles. The summed E-state index contributed by atoms with van der Waals surface area (Å²) in [5, 5.41) is 9.25. The number of aliphatic hydroxyl groups excluding tert-OH is 1. The smallest absolute Gasteiger partial charge is 0.312 e. The first-order valence-corrected chi connectivity index (χ1v) is 14.7. The molecule has 3 aliphatic rings. The second kappa shape index (κ2) is 13.1. The highest BCUT2D eigenvalue weighted by atomic mass is 16.6. The van der Waals surface area contributed by atoms with Crippen molar-refractivity contribution >= 4 is 17.8 Å². The minimum absolute atomic E-state index is 0.0786. The summed E-state index contributed by atoms with van der Waals surface area (Å²) in [7, 11) is 0. The summed E-state index contributed by atoms with van der Waals surface area (Å²) in [6.07, 6.45) is 9.09. The Morgan fingerprint density at radius 2 is 1.90 bits per heavy atom. The normalized spacial score (nSPS) is 28.4. The molecular formula is C32H44N2O6. The average molecular weight is 553 g/mol. The summed E-state index contributed by atoms with van der Waals surface area (Å²) < 4.78 is 12.4. The number of unbranched alkanes of at least 4 members (excludes halogenated alkanes) is 4. The van der Waals surface area contributed by atoms with Crippen LogP contribution in [0.4, 0.5) is 0 Å². The van der Waals surface area contributed by atoms with E-state index in [0.29, 0.717) is 45.3 Å². The number of likely N-dealkylation sites (tertiary alicyclic amines) is 1. The topological polar surface area (TPSA) is 96.4 Å². The molecule has 2 bridgehead atoms. The first kappa shape index (κ1) is 30.0. The average Bonchev–Trinajstić information content (AvgIpc) is 3.51. The van der Waals surface area contributed by atoms with Crippen molar-refractivity contribution < 1.29 is 29.0 Å². The van der Waals surface area contributed by atoms with E-state index in [-0.39, 0.29) is 25.0 Å². The Kier molecular flexibility index (Phi) is 9.85. The minimum Gasteiger partial charge on any atom is -0.465 e. The lowest BCUT2D eigenvalue weighted by Crippen LogP contribution is -2.56. The van der Waals surface area contributed by atoms with E-state index in [9.17, 15) is 19.5 Å². The Morgan fingerprint density at radius 1 is 1.12 bits per heavy atom. The van der Waals surface area contributed by atoms with E-state index in [1.165, 1.54) is 0 Å². The second-order valence-electron chi connectivity index (χ2n) is 11.5. The Balaban J connectivity index is 1.63. The maximum absolute atomic E-state index is 14.4. The summed E-state index contributed by atoms with van der Waals surface area (Å²) in [4.78, 5) is 45.4. The van der Waals surface area contributed by atoms with Crippen LogP contribution in [-0.2, 0) is 30.4 Å². The molecule has 1 N–H and O–H groups in total. The van der Waals surface area contributed by atoms with Crippen molar-refractivity contribution in [2.24, 2.45) is 11.8 Å². The van der Waals surface area contributed by atoms with E-state index in [1.807, 2.05) is 43.3 Å². The quantitative estimate of drug-likeness (QED) is 0.189. The van der Waals surface area contributed by atoms with Crippen LogP contribution in [0.5, 0.6) is 0 Å². The monoisotopic (exact) mass is 552 g/mol. The second-order valence-corrected chi connectivity index (χ2v) is 11.5. The van der Waals surface area contributed by atoms with Gasteiger partial charge in [-0.15, -0.1) is 13.2 Å². The summed E-state index contributed by atoms with van der Waals surface area (Å²) in [6, 6.07) is 8.90. The van der Waals surface area contributed by atoms with Crippen LogP contribution in [0.2, 0.25) is 0 Å². The van der Waals surface area contributed by atoms with Crippen molar-refractivity contribution in [3.05, 3.63) is 61.2 Å².